The minimum atomic E-state index is -0.0463. The maximum absolute atomic E-state index is 5.67. The molecule has 1 rings (SSSR count). The van der Waals surface area contributed by atoms with Crippen molar-refractivity contribution in [2.24, 2.45) is 5.84 Å². The van der Waals surface area contributed by atoms with E-state index in [1.54, 1.807) is 6.07 Å². The third-order valence-electron chi connectivity index (χ3n) is 2.13. The molecule has 0 aromatic carbocycles. The van der Waals surface area contributed by atoms with Gasteiger partial charge in [0.25, 0.3) is 0 Å². The maximum Gasteiger partial charge on any atom is 0.193 e. The smallest absolute Gasteiger partial charge is 0.193 e. The van der Waals surface area contributed by atoms with Gasteiger partial charge in [0, 0.05) is 0 Å². The van der Waals surface area contributed by atoms with Crippen molar-refractivity contribution >= 4 is 11.6 Å². The van der Waals surface area contributed by atoms with E-state index in [1.165, 1.54) is 0 Å². The van der Waals surface area contributed by atoms with E-state index in [2.05, 4.69) is 18.9 Å². The van der Waals surface area contributed by atoms with Crippen LogP contribution in [0.5, 0.6) is 0 Å². The van der Waals surface area contributed by atoms with Crippen LogP contribution in [0, 0.1) is 0 Å². The number of nitrogens with one attached hydrogen (secondary N) is 1. The molecule has 1 atom stereocenters. The summed E-state index contributed by atoms with van der Waals surface area (Å²) < 4.78 is 5.26. The Morgan fingerprint density at radius 3 is 2.86 bits per heavy atom. The van der Waals surface area contributed by atoms with Crippen molar-refractivity contribution in [2.45, 2.75) is 25.8 Å². The van der Waals surface area contributed by atoms with Crippen molar-refractivity contribution in [2.75, 3.05) is 0 Å². The molecule has 0 saturated carbocycles. The van der Waals surface area contributed by atoms with Crippen molar-refractivity contribution < 1.29 is 4.42 Å². The minimum Gasteiger partial charge on any atom is -0.448 e. The summed E-state index contributed by atoms with van der Waals surface area (Å²) in [5.74, 6) is 6.17. The van der Waals surface area contributed by atoms with E-state index in [9.17, 15) is 0 Å². The van der Waals surface area contributed by atoms with Gasteiger partial charge in [0.2, 0.25) is 0 Å². The maximum atomic E-state index is 5.67. The predicted octanol–water partition coefficient (Wildman–Crippen LogP) is 2.79. The lowest BCUT2D eigenvalue weighted by Gasteiger charge is -2.13. The molecule has 3 N–H and O–H groups in total. The molecular weight excluding hydrogens is 200 g/mol. The molecule has 1 heterocycles. The van der Waals surface area contributed by atoms with Gasteiger partial charge in [0.15, 0.2) is 5.22 Å². The lowest BCUT2D eigenvalue weighted by molar-refractivity contribution is 0.415. The highest BCUT2D eigenvalue weighted by Crippen LogP contribution is 2.24. The number of rotatable bonds is 5. The topological polar surface area (TPSA) is 51.2 Å². The van der Waals surface area contributed by atoms with E-state index < -0.39 is 0 Å². The first-order chi connectivity index (χ1) is 6.67. The zero-order valence-corrected chi connectivity index (χ0v) is 8.97. The Labute approximate surface area is 88.9 Å². The quantitative estimate of drug-likeness (QED) is 0.450. The molecule has 0 fully saturated rings. The molecule has 1 aromatic rings. The summed E-state index contributed by atoms with van der Waals surface area (Å²) >= 11 is 5.67. The number of hydrogen-bond donors (Lipinski definition) is 2. The number of hydrazine groups is 1. The molecule has 78 valence electrons. The zero-order valence-electron chi connectivity index (χ0n) is 8.22. The second-order valence-corrected chi connectivity index (χ2v) is 3.54. The summed E-state index contributed by atoms with van der Waals surface area (Å²) in [6.07, 6.45) is 1.70. The summed E-state index contributed by atoms with van der Waals surface area (Å²) in [6, 6.07) is 3.47. The molecule has 4 heteroatoms. The van der Waals surface area contributed by atoms with E-state index in [1.807, 2.05) is 6.07 Å². The number of furan rings is 1. The molecule has 3 nitrogen and oxygen atoms in total. The number of nitrogens with two attached hydrogens (primary N) is 1. The molecule has 0 amide bonds. The van der Waals surface area contributed by atoms with Gasteiger partial charge in [-0.1, -0.05) is 19.1 Å². The average Bonchev–Trinajstić information content (AvgIpc) is 2.60. The SMILES string of the molecule is C=C(CC)CC(NN)c1ccc(Cl)o1. The lowest BCUT2D eigenvalue weighted by Crippen LogP contribution is -2.27. The molecule has 0 aliphatic heterocycles. The lowest BCUT2D eigenvalue weighted by atomic mass is 10.0. The largest absolute Gasteiger partial charge is 0.448 e. The molecule has 0 saturated heterocycles. The molecule has 0 spiro atoms. The van der Waals surface area contributed by atoms with Crippen LogP contribution in [0.15, 0.2) is 28.7 Å². The summed E-state index contributed by atoms with van der Waals surface area (Å²) in [4.78, 5) is 0. The van der Waals surface area contributed by atoms with Gasteiger partial charge in [-0.15, -0.1) is 0 Å². The van der Waals surface area contributed by atoms with Crippen LogP contribution in [-0.4, -0.2) is 0 Å². The van der Waals surface area contributed by atoms with Crippen LogP contribution in [0.2, 0.25) is 5.22 Å². The Morgan fingerprint density at radius 2 is 2.43 bits per heavy atom. The van der Waals surface area contributed by atoms with Gasteiger partial charge in [0.1, 0.15) is 5.76 Å². The number of hydrogen-bond acceptors (Lipinski definition) is 3. The zero-order chi connectivity index (χ0) is 10.6. The van der Waals surface area contributed by atoms with Crippen LogP contribution in [0.4, 0.5) is 0 Å². The number of halogens is 1. The molecule has 0 bridgehead atoms. The Balaban J connectivity index is 2.67. The average molecular weight is 215 g/mol. The van der Waals surface area contributed by atoms with Crippen molar-refractivity contribution in [3.63, 3.8) is 0 Å². The summed E-state index contributed by atoms with van der Waals surface area (Å²) in [6.45, 7) is 5.98. The minimum absolute atomic E-state index is 0.0463. The molecule has 1 aromatic heterocycles. The van der Waals surface area contributed by atoms with Crippen LogP contribution in [0.3, 0.4) is 0 Å². The van der Waals surface area contributed by atoms with Crippen molar-refractivity contribution in [1.29, 1.82) is 0 Å². The Hall–Kier alpha value is -0.770. The summed E-state index contributed by atoms with van der Waals surface area (Å²) in [7, 11) is 0. The van der Waals surface area contributed by atoms with E-state index in [0.717, 1.165) is 24.2 Å². The Morgan fingerprint density at radius 1 is 1.71 bits per heavy atom. The normalized spacial score (nSPS) is 12.8. The molecule has 14 heavy (non-hydrogen) atoms. The van der Waals surface area contributed by atoms with Gasteiger partial charge >= 0.3 is 0 Å². The highest BCUT2D eigenvalue weighted by atomic mass is 35.5. The highest BCUT2D eigenvalue weighted by molar-refractivity contribution is 6.28. The van der Waals surface area contributed by atoms with Gasteiger partial charge in [0.05, 0.1) is 6.04 Å². The molecular formula is C10H15ClN2O. The highest BCUT2D eigenvalue weighted by Gasteiger charge is 2.14. The standard InChI is InChI=1S/C10H15ClN2O/c1-3-7(2)6-8(13-12)9-4-5-10(11)14-9/h4-5,8,13H,2-3,6,12H2,1H3. The second-order valence-electron chi connectivity index (χ2n) is 3.17. The summed E-state index contributed by atoms with van der Waals surface area (Å²) in [5, 5.41) is 0.377. The van der Waals surface area contributed by atoms with Gasteiger partial charge < -0.3 is 4.42 Å². The van der Waals surface area contributed by atoms with E-state index in [-0.39, 0.29) is 6.04 Å². The van der Waals surface area contributed by atoms with E-state index in [0.29, 0.717) is 5.22 Å². The van der Waals surface area contributed by atoms with Crippen LogP contribution in [-0.2, 0) is 0 Å². The van der Waals surface area contributed by atoms with Crippen LogP contribution >= 0.6 is 11.6 Å². The van der Waals surface area contributed by atoms with E-state index in [4.69, 9.17) is 21.9 Å². The third-order valence-corrected chi connectivity index (χ3v) is 2.33. The van der Waals surface area contributed by atoms with Crippen LogP contribution in [0.1, 0.15) is 31.6 Å². The van der Waals surface area contributed by atoms with Gasteiger partial charge in [-0.2, -0.15) is 0 Å². The molecule has 0 aliphatic rings. The fourth-order valence-electron chi connectivity index (χ4n) is 1.19. The Kier molecular flexibility index (Phi) is 4.20. The van der Waals surface area contributed by atoms with Crippen LogP contribution in [0.25, 0.3) is 0 Å². The van der Waals surface area contributed by atoms with Gasteiger partial charge in [-0.25, -0.2) is 5.43 Å². The molecule has 0 radical (unpaired) electrons. The fourth-order valence-corrected chi connectivity index (χ4v) is 1.34. The monoisotopic (exact) mass is 214 g/mol. The second kappa shape index (κ2) is 5.20. The van der Waals surface area contributed by atoms with Crippen molar-refractivity contribution in [1.82, 2.24) is 5.43 Å². The fraction of sp³-hybridized carbons (Fsp3) is 0.400. The van der Waals surface area contributed by atoms with Crippen molar-refractivity contribution in [3.05, 3.63) is 35.3 Å². The van der Waals surface area contributed by atoms with Crippen molar-refractivity contribution in [3.8, 4) is 0 Å². The third kappa shape index (κ3) is 2.87. The van der Waals surface area contributed by atoms with Gasteiger partial charge in [-0.05, 0) is 36.6 Å². The van der Waals surface area contributed by atoms with Crippen LogP contribution < -0.4 is 11.3 Å². The molecule has 1 unspecified atom stereocenters. The summed E-state index contributed by atoms with van der Waals surface area (Å²) in [5.41, 5.74) is 3.81. The first-order valence-electron chi connectivity index (χ1n) is 4.55. The van der Waals surface area contributed by atoms with Gasteiger partial charge in [-0.3, -0.25) is 5.84 Å². The van der Waals surface area contributed by atoms with E-state index >= 15 is 0 Å². The first-order valence-corrected chi connectivity index (χ1v) is 4.93. The first kappa shape index (κ1) is 11.3. The predicted molar refractivity (Wildman–Crippen MR) is 57.8 cm³/mol. The molecule has 0 aliphatic carbocycles. The Bertz CT molecular complexity index is 309.